The van der Waals surface area contributed by atoms with Gasteiger partial charge in [0, 0.05) is 0 Å². The molecule has 0 bridgehead atoms. The summed E-state index contributed by atoms with van der Waals surface area (Å²) in [6.45, 7) is 0. The number of allylic oxidation sites excluding steroid dienone is 3. The zero-order valence-electron chi connectivity index (χ0n) is 14.6. The second-order valence-electron chi connectivity index (χ2n) is 7.56. The minimum atomic E-state index is -0.768. The average molecular weight is 358 g/mol. The van der Waals surface area contributed by atoms with Gasteiger partial charge in [0.1, 0.15) is 0 Å². The third-order valence-corrected chi connectivity index (χ3v) is 6.04. The van der Waals surface area contributed by atoms with E-state index in [1.54, 1.807) is 0 Å². The number of hydrogen-bond acceptors (Lipinski definition) is 6. The Hall–Kier alpha value is -2.24. The number of ether oxygens (including phenoxy) is 2. The average Bonchev–Trinajstić information content (AvgIpc) is 2.95. The molecule has 2 fully saturated rings. The molecular formula is C20H22O6. The third kappa shape index (κ3) is 2.91. The number of carbonyl (C=O) groups is 4. The van der Waals surface area contributed by atoms with E-state index in [2.05, 4.69) is 6.08 Å². The van der Waals surface area contributed by atoms with Crippen LogP contribution in [-0.4, -0.2) is 23.9 Å². The molecular weight excluding hydrogens is 336 g/mol. The molecule has 0 N–H and O–H groups in total. The summed E-state index contributed by atoms with van der Waals surface area (Å²) in [5.74, 6) is -4.25. The number of esters is 4. The zero-order chi connectivity index (χ0) is 18.3. The Morgan fingerprint density at radius 2 is 1.58 bits per heavy atom. The van der Waals surface area contributed by atoms with Crippen molar-refractivity contribution in [2.75, 3.05) is 0 Å². The number of hydrogen-bond donors (Lipinski definition) is 0. The molecule has 4 rings (SSSR count). The van der Waals surface area contributed by atoms with Gasteiger partial charge in [0.25, 0.3) is 0 Å². The van der Waals surface area contributed by atoms with Gasteiger partial charge in [-0.25, -0.2) is 4.79 Å². The molecule has 6 nitrogen and oxygen atoms in total. The van der Waals surface area contributed by atoms with Crippen LogP contribution in [0.1, 0.15) is 57.8 Å². The van der Waals surface area contributed by atoms with Gasteiger partial charge in [-0.2, -0.15) is 0 Å². The smallest absolute Gasteiger partial charge is 0.342 e. The van der Waals surface area contributed by atoms with Crippen LogP contribution in [0.15, 0.2) is 22.8 Å². The molecule has 138 valence electrons. The second-order valence-corrected chi connectivity index (χ2v) is 7.56. The first-order chi connectivity index (χ1) is 12.6. The van der Waals surface area contributed by atoms with E-state index in [1.807, 2.05) is 0 Å². The van der Waals surface area contributed by atoms with Gasteiger partial charge in [-0.3, -0.25) is 14.4 Å². The second kappa shape index (κ2) is 6.82. The van der Waals surface area contributed by atoms with Crippen molar-refractivity contribution < 1.29 is 28.7 Å². The van der Waals surface area contributed by atoms with E-state index in [-0.39, 0.29) is 6.42 Å². The molecule has 0 aromatic rings. The molecule has 2 saturated heterocycles. The molecule has 6 heteroatoms. The largest absolute Gasteiger partial charge is 0.393 e. The van der Waals surface area contributed by atoms with Gasteiger partial charge in [0.15, 0.2) is 0 Å². The molecule has 2 aliphatic heterocycles. The minimum absolute atomic E-state index is 0.117. The Bertz CT molecular complexity index is 743. The van der Waals surface area contributed by atoms with E-state index in [0.29, 0.717) is 18.4 Å². The van der Waals surface area contributed by atoms with Crippen molar-refractivity contribution in [2.24, 2.45) is 17.8 Å². The zero-order valence-corrected chi connectivity index (χ0v) is 14.6. The van der Waals surface area contributed by atoms with Crippen molar-refractivity contribution in [3.63, 3.8) is 0 Å². The molecule has 3 atom stereocenters. The first-order valence-electron chi connectivity index (χ1n) is 9.50. The van der Waals surface area contributed by atoms with Gasteiger partial charge in [-0.1, -0.05) is 18.9 Å². The normalized spacial score (nSPS) is 32.6. The van der Waals surface area contributed by atoms with Gasteiger partial charge < -0.3 is 9.47 Å². The fraction of sp³-hybridized carbons (Fsp3) is 0.600. The van der Waals surface area contributed by atoms with Crippen molar-refractivity contribution >= 4 is 23.9 Å². The lowest BCUT2D eigenvalue weighted by atomic mass is 9.74. The van der Waals surface area contributed by atoms with Crippen LogP contribution in [0, 0.1) is 17.8 Å². The summed E-state index contributed by atoms with van der Waals surface area (Å²) in [4.78, 5) is 48.8. The predicted octanol–water partition coefficient (Wildman–Crippen LogP) is 2.76. The summed E-state index contributed by atoms with van der Waals surface area (Å²) in [6.07, 6.45) is 9.57. The predicted molar refractivity (Wildman–Crippen MR) is 89.3 cm³/mol. The summed E-state index contributed by atoms with van der Waals surface area (Å²) in [7, 11) is 0. The topological polar surface area (TPSA) is 86.7 Å². The van der Waals surface area contributed by atoms with Gasteiger partial charge in [-0.05, 0) is 56.1 Å². The fourth-order valence-corrected chi connectivity index (χ4v) is 4.67. The maximum absolute atomic E-state index is 12.4. The van der Waals surface area contributed by atoms with Crippen LogP contribution in [-0.2, 0) is 28.7 Å². The molecule has 0 aromatic heterocycles. The number of cyclic esters (lactones) is 4. The number of rotatable bonds is 1. The molecule has 0 amide bonds. The van der Waals surface area contributed by atoms with E-state index in [0.717, 1.165) is 43.3 Å². The van der Waals surface area contributed by atoms with Gasteiger partial charge in [0.2, 0.25) is 0 Å². The van der Waals surface area contributed by atoms with Crippen molar-refractivity contribution in [2.45, 2.75) is 57.8 Å². The Kier molecular flexibility index (Phi) is 4.51. The van der Waals surface area contributed by atoms with E-state index in [4.69, 9.17) is 9.47 Å². The van der Waals surface area contributed by atoms with Crippen LogP contribution in [0.3, 0.4) is 0 Å². The summed E-state index contributed by atoms with van der Waals surface area (Å²) >= 11 is 0. The van der Waals surface area contributed by atoms with Crippen molar-refractivity contribution in [1.82, 2.24) is 0 Å². The van der Waals surface area contributed by atoms with Crippen LogP contribution < -0.4 is 0 Å². The standard InChI is InChI=1S/C20H22O6/c21-17-13-9-8-12(11-6-4-2-1-3-5-7-11)16-15(19(23)26-20(16)24)10-14(13)18(22)25-17/h6,13-15H,1-5,7-10H2. The fourth-order valence-electron chi connectivity index (χ4n) is 4.67. The van der Waals surface area contributed by atoms with Gasteiger partial charge in [-0.15, -0.1) is 0 Å². The summed E-state index contributed by atoms with van der Waals surface area (Å²) in [5, 5.41) is 0. The van der Waals surface area contributed by atoms with E-state index in [9.17, 15) is 19.2 Å². The van der Waals surface area contributed by atoms with Gasteiger partial charge in [0.05, 0.1) is 23.3 Å². The third-order valence-electron chi connectivity index (χ3n) is 6.04. The lowest BCUT2D eigenvalue weighted by molar-refractivity contribution is -0.154. The van der Waals surface area contributed by atoms with E-state index < -0.39 is 41.6 Å². The highest BCUT2D eigenvalue weighted by molar-refractivity contribution is 6.09. The molecule has 0 aromatic carbocycles. The molecule has 2 heterocycles. The summed E-state index contributed by atoms with van der Waals surface area (Å²) in [6, 6.07) is 0. The van der Waals surface area contributed by atoms with Crippen LogP contribution in [0.2, 0.25) is 0 Å². The van der Waals surface area contributed by atoms with E-state index in [1.165, 1.54) is 6.42 Å². The maximum Gasteiger partial charge on any atom is 0.342 e. The lowest BCUT2D eigenvalue weighted by Gasteiger charge is -2.24. The Morgan fingerprint density at radius 1 is 0.808 bits per heavy atom. The summed E-state index contributed by atoms with van der Waals surface area (Å²) in [5.41, 5.74) is 2.37. The van der Waals surface area contributed by atoms with Crippen LogP contribution in [0.5, 0.6) is 0 Å². The molecule has 3 unspecified atom stereocenters. The van der Waals surface area contributed by atoms with Crippen LogP contribution in [0.4, 0.5) is 0 Å². The molecule has 0 spiro atoms. The molecule has 4 aliphatic rings. The highest BCUT2D eigenvalue weighted by atomic mass is 16.6. The molecule has 2 aliphatic carbocycles. The van der Waals surface area contributed by atoms with Crippen molar-refractivity contribution in [1.29, 1.82) is 0 Å². The van der Waals surface area contributed by atoms with Crippen LogP contribution in [0.25, 0.3) is 0 Å². The van der Waals surface area contributed by atoms with Crippen LogP contribution >= 0.6 is 0 Å². The Balaban J connectivity index is 1.76. The van der Waals surface area contributed by atoms with Crippen molar-refractivity contribution in [3.05, 3.63) is 22.8 Å². The molecule has 26 heavy (non-hydrogen) atoms. The highest BCUT2D eigenvalue weighted by Gasteiger charge is 2.51. The number of carbonyl (C=O) groups excluding carboxylic acids is 4. The monoisotopic (exact) mass is 358 g/mol. The summed E-state index contributed by atoms with van der Waals surface area (Å²) < 4.78 is 9.71. The van der Waals surface area contributed by atoms with Gasteiger partial charge >= 0.3 is 23.9 Å². The molecule has 0 radical (unpaired) electrons. The Labute approximate surface area is 151 Å². The first-order valence-corrected chi connectivity index (χ1v) is 9.50. The number of fused-ring (bicyclic) bond motifs is 2. The van der Waals surface area contributed by atoms with Crippen molar-refractivity contribution in [3.8, 4) is 0 Å². The quantitative estimate of drug-likeness (QED) is 0.529. The van der Waals surface area contributed by atoms with E-state index >= 15 is 0 Å². The maximum atomic E-state index is 12.4. The molecule has 0 saturated carbocycles. The first kappa shape index (κ1) is 17.2. The lowest BCUT2D eigenvalue weighted by Crippen LogP contribution is -2.26. The highest BCUT2D eigenvalue weighted by Crippen LogP contribution is 2.44. The SMILES string of the molecule is O=C1OC(=O)C2CC3C(=O)OC(=O)C3CCC(C3=CCCCCCC3)=C12. The minimum Gasteiger partial charge on any atom is -0.393 e. The Morgan fingerprint density at radius 3 is 2.42 bits per heavy atom.